The second kappa shape index (κ2) is 7.26. The van der Waals surface area contributed by atoms with Crippen molar-refractivity contribution in [3.05, 3.63) is 53.3 Å². The Morgan fingerprint density at radius 3 is 2.73 bits per heavy atom. The van der Waals surface area contributed by atoms with E-state index in [-0.39, 0.29) is 29.2 Å². The summed E-state index contributed by atoms with van der Waals surface area (Å²) in [4.78, 5) is 15.7. The molecule has 11 heteroatoms. The monoisotopic (exact) mass is 430 g/mol. The van der Waals surface area contributed by atoms with E-state index in [9.17, 15) is 17.6 Å². The molecule has 0 aliphatic carbocycles. The summed E-state index contributed by atoms with van der Waals surface area (Å²) in [7, 11) is -3.82. The van der Waals surface area contributed by atoms with E-state index in [1.807, 2.05) is 6.92 Å². The van der Waals surface area contributed by atoms with Gasteiger partial charge in [-0.15, -0.1) is 10.2 Å². The highest BCUT2D eigenvalue weighted by Crippen LogP contribution is 2.34. The van der Waals surface area contributed by atoms with E-state index in [1.54, 1.807) is 30.0 Å². The van der Waals surface area contributed by atoms with Crippen molar-refractivity contribution >= 4 is 21.6 Å². The van der Waals surface area contributed by atoms with E-state index < -0.39 is 10.0 Å². The van der Waals surface area contributed by atoms with E-state index in [0.717, 1.165) is 5.56 Å². The maximum Gasteiger partial charge on any atom is 0.250 e. The van der Waals surface area contributed by atoms with Crippen LogP contribution in [0.15, 0.2) is 41.3 Å². The minimum absolute atomic E-state index is 0.0138. The molecule has 1 aliphatic rings. The number of sulfonamides is 1. The molecule has 0 fully saturated rings. The number of anilines is 1. The summed E-state index contributed by atoms with van der Waals surface area (Å²) in [5, 5.41) is 17.3. The highest BCUT2D eigenvalue weighted by atomic mass is 32.2. The number of nitrogens with two attached hydrogens (primary N) is 1. The van der Waals surface area contributed by atoms with Crippen molar-refractivity contribution in [2.75, 3.05) is 4.90 Å². The Balaban J connectivity index is 1.55. The largest absolute Gasteiger partial charge is 0.307 e. The predicted molar refractivity (Wildman–Crippen MR) is 106 cm³/mol. The van der Waals surface area contributed by atoms with Crippen molar-refractivity contribution in [2.45, 2.75) is 37.8 Å². The minimum Gasteiger partial charge on any atom is -0.307 e. The minimum atomic E-state index is -3.82. The highest BCUT2D eigenvalue weighted by molar-refractivity contribution is 7.89. The Kier molecular flexibility index (Phi) is 4.86. The number of carbonyl (C=O) groups excluding carboxylic acids is 1. The maximum absolute atomic E-state index is 13.5. The molecule has 0 radical (unpaired) electrons. The van der Waals surface area contributed by atoms with Gasteiger partial charge in [0.2, 0.25) is 15.8 Å². The van der Waals surface area contributed by atoms with Crippen LogP contribution >= 0.6 is 0 Å². The Morgan fingerprint density at radius 1 is 1.27 bits per heavy atom. The maximum atomic E-state index is 13.5. The summed E-state index contributed by atoms with van der Waals surface area (Å²) >= 11 is 0. The van der Waals surface area contributed by atoms with E-state index in [0.29, 0.717) is 29.1 Å². The van der Waals surface area contributed by atoms with Gasteiger partial charge in [0.05, 0.1) is 4.90 Å². The topological polar surface area (TPSA) is 124 Å². The van der Waals surface area contributed by atoms with E-state index in [2.05, 4.69) is 15.4 Å². The number of carbonyl (C=O) groups is 1. The molecule has 0 saturated heterocycles. The zero-order valence-electron chi connectivity index (χ0n) is 16.3. The van der Waals surface area contributed by atoms with Gasteiger partial charge in [-0.05, 0) is 73.0 Å². The zero-order chi connectivity index (χ0) is 21.6. The van der Waals surface area contributed by atoms with Gasteiger partial charge in [-0.2, -0.15) is 4.80 Å². The number of fused-ring (bicyclic) bond motifs is 1. The third-order valence-corrected chi connectivity index (χ3v) is 5.92. The van der Waals surface area contributed by atoms with Crippen molar-refractivity contribution in [3.63, 3.8) is 0 Å². The fraction of sp³-hybridized carbons (Fsp3) is 0.263. The lowest BCUT2D eigenvalue weighted by molar-refractivity contribution is -0.119. The lowest BCUT2D eigenvalue weighted by atomic mass is 10.1. The number of aryl methyl sites for hydroxylation is 1. The van der Waals surface area contributed by atoms with Crippen molar-refractivity contribution < 1.29 is 17.6 Å². The Hall–Kier alpha value is -3.18. The van der Waals surface area contributed by atoms with Crippen LogP contribution in [0.1, 0.15) is 18.1 Å². The molecule has 1 amide bonds. The first kappa shape index (κ1) is 20.1. The number of halogens is 1. The van der Waals surface area contributed by atoms with E-state index in [1.165, 1.54) is 23.0 Å². The normalized spacial score (nSPS) is 16.0. The van der Waals surface area contributed by atoms with Gasteiger partial charge >= 0.3 is 0 Å². The number of benzene rings is 2. The van der Waals surface area contributed by atoms with Crippen molar-refractivity contribution in [1.29, 1.82) is 0 Å². The number of rotatable bonds is 4. The van der Waals surface area contributed by atoms with Crippen LogP contribution in [-0.2, 0) is 27.8 Å². The molecule has 4 rings (SSSR count). The molecular formula is C19H19FN6O3S. The SMILES string of the molecule is Cc1cc(-c2nnn(CC(=O)N3c4ccc(S(N)(=O)=O)cc4CC3C)n2)ccc1F. The average Bonchev–Trinajstić information content (AvgIpc) is 3.26. The van der Waals surface area contributed by atoms with Crippen molar-refractivity contribution in [1.82, 2.24) is 20.2 Å². The molecule has 0 spiro atoms. The fourth-order valence-electron chi connectivity index (χ4n) is 3.57. The molecule has 30 heavy (non-hydrogen) atoms. The van der Waals surface area contributed by atoms with Crippen LogP contribution < -0.4 is 10.0 Å². The number of tetrazole rings is 1. The van der Waals surface area contributed by atoms with Gasteiger partial charge in [0.15, 0.2) is 0 Å². The molecule has 1 aliphatic heterocycles. The van der Waals surface area contributed by atoms with Crippen LogP contribution in [0.25, 0.3) is 11.4 Å². The van der Waals surface area contributed by atoms with E-state index >= 15 is 0 Å². The second-order valence-corrected chi connectivity index (χ2v) is 8.82. The van der Waals surface area contributed by atoms with Gasteiger partial charge in [0.25, 0.3) is 5.91 Å². The molecule has 1 atom stereocenters. The van der Waals surface area contributed by atoms with Gasteiger partial charge < -0.3 is 4.90 Å². The molecule has 1 aromatic heterocycles. The quantitative estimate of drug-likeness (QED) is 0.667. The summed E-state index contributed by atoms with van der Waals surface area (Å²) in [6.07, 6.45) is 0.509. The lowest BCUT2D eigenvalue weighted by Crippen LogP contribution is -2.38. The van der Waals surface area contributed by atoms with Gasteiger partial charge in [-0.1, -0.05) is 0 Å². The van der Waals surface area contributed by atoms with E-state index in [4.69, 9.17) is 5.14 Å². The smallest absolute Gasteiger partial charge is 0.250 e. The molecule has 2 aromatic carbocycles. The first-order valence-corrected chi connectivity index (χ1v) is 10.7. The average molecular weight is 430 g/mol. The lowest BCUT2D eigenvalue weighted by Gasteiger charge is -2.22. The fourth-order valence-corrected chi connectivity index (χ4v) is 4.14. The summed E-state index contributed by atoms with van der Waals surface area (Å²) < 4.78 is 36.6. The number of hydrogen-bond acceptors (Lipinski definition) is 6. The van der Waals surface area contributed by atoms with Gasteiger partial charge in [-0.3, -0.25) is 4.79 Å². The molecule has 156 valence electrons. The molecule has 2 N–H and O–H groups in total. The molecule has 9 nitrogen and oxygen atoms in total. The van der Waals surface area contributed by atoms with Gasteiger partial charge in [0, 0.05) is 17.3 Å². The molecule has 0 saturated carbocycles. The van der Waals surface area contributed by atoms with Crippen LogP contribution in [0.3, 0.4) is 0 Å². The number of nitrogens with zero attached hydrogens (tertiary/aromatic N) is 5. The first-order valence-electron chi connectivity index (χ1n) is 9.15. The summed E-state index contributed by atoms with van der Waals surface area (Å²) in [5.41, 5.74) is 2.43. The molecule has 2 heterocycles. The van der Waals surface area contributed by atoms with Crippen LogP contribution in [-0.4, -0.2) is 40.6 Å². The van der Waals surface area contributed by atoms with Crippen LogP contribution in [0, 0.1) is 12.7 Å². The molecule has 3 aromatic rings. The number of primary sulfonamides is 1. The standard InChI is InChI=1S/C19H19FN6O3S/c1-11-7-13(3-5-16(11)20)19-22-24-25(23-19)10-18(27)26-12(2)8-14-9-15(30(21,28)29)4-6-17(14)26/h3-7,9,12H,8,10H2,1-2H3,(H2,21,28,29). The van der Waals surface area contributed by atoms with Crippen LogP contribution in [0.4, 0.5) is 10.1 Å². The summed E-state index contributed by atoms with van der Waals surface area (Å²) in [5.74, 6) is -0.295. The van der Waals surface area contributed by atoms with Gasteiger partial charge in [-0.25, -0.2) is 17.9 Å². The van der Waals surface area contributed by atoms with Crippen molar-refractivity contribution in [3.8, 4) is 11.4 Å². The number of hydrogen-bond donors (Lipinski definition) is 1. The number of aromatic nitrogens is 4. The first-order chi connectivity index (χ1) is 14.1. The zero-order valence-corrected chi connectivity index (χ0v) is 17.1. The third-order valence-electron chi connectivity index (χ3n) is 5.01. The predicted octanol–water partition coefficient (Wildman–Crippen LogP) is 1.41. The van der Waals surface area contributed by atoms with Crippen LogP contribution in [0.5, 0.6) is 0 Å². The highest BCUT2D eigenvalue weighted by Gasteiger charge is 2.32. The summed E-state index contributed by atoms with van der Waals surface area (Å²) in [6, 6.07) is 8.79. The van der Waals surface area contributed by atoms with Crippen molar-refractivity contribution in [2.24, 2.45) is 5.14 Å². The summed E-state index contributed by atoms with van der Waals surface area (Å²) in [6.45, 7) is 3.37. The van der Waals surface area contributed by atoms with Gasteiger partial charge in [0.1, 0.15) is 12.4 Å². The van der Waals surface area contributed by atoms with Crippen LogP contribution in [0.2, 0.25) is 0 Å². The molecule has 1 unspecified atom stereocenters. The number of amides is 1. The molecular weight excluding hydrogens is 411 g/mol. The third kappa shape index (κ3) is 3.68. The Labute approximate surface area is 172 Å². The molecule has 0 bridgehead atoms. The Morgan fingerprint density at radius 2 is 2.03 bits per heavy atom. The Bertz CT molecular complexity index is 1260. The second-order valence-electron chi connectivity index (χ2n) is 7.26.